The van der Waals surface area contributed by atoms with Crippen molar-refractivity contribution in [3.8, 4) is 5.69 Å². The Morgan fingerprint density at radius 1 is 1.07 bits per heavy atom. The van der Waals surface area contributed by atoms with Crippen molar-refractivity contribution in [3.05, 3.63) is 66.0 Å². The number of fused-ring (bicyclic) bond motifs is 1. The van der Waals surface area contributed by atoms with Crippen LogP contribution in [0.4, 0.5) is 0 Å². The van der Waals surface area contributed by atoms with Crippen LogP contribution in [0.15, 0.2) is 59.8 Å². The van der Waals surface area contributed by atoms with Gasteiger partial charge in [-0.2, -0.15) is 4.68 Å². The van der Waals surface area contributed by atoms with E-state index in [4.69, 9.17) is 4.74 Å². The third-order valence-corrected chi connectivity index (χ3v) is 6.00. The van der Waals surface area contributed by atoms with Gasteiger partial charge < -0.3 is 4.74 Å². The summed E-state index contributed by atoms with van der Waals surface area (Å²) >= 11 is 0. The highest BCUT2D eigenvalue weighted by molar-refractivity contribution is 7.90. The van der Waals surface area contributed by atoms with Gasteiger partial charge in [-0.25, -0.2) is 17.5 Å². The molecule has 10 nitrogen and oxygen atoms in total. The number of hydrogen-bond donors (Lipinski definition) is 0. The predicted octanol–water partition coefficient (Wildman–Crippen LogP) is 0.664. The molecule has 0 saturated carbocycles. The van der Waals surface area contributed by atoms with Gasteiger partial charge in [0.1, 0.15) is 17.8 Å². The standard InChI is InChI=1S/C17H13N5O5S/c23-16-13-6-2-4-8-15(13)28(25,26)22(16)9-10-27-17(24)12-5-1-3-7-14(12)21-11-18-19-20-21/h1-8,11H,9-10H2. The fourth-order valence-electron chi connectivity index (χ4n) is 2.87. The molecule has 3 aromatic rings. The molecular weight excluding hydrogens is 386 g/mol. The summed E-state index contributed by atoms with van der Waals surface area (Å²) in [5.74, 6) is -1.33. The number of rotatable bonds is 5. The molecule has 1 amide bonds. The molecule has 28 heavy (non-hydrogen) atoms. The van der Waals surface area contributed by atoms with Crippen LogP contribution in [0, 0.1) is 0 Å². The summed E-state index contributed by atoms with van der Waals surface area (Å²) in [7, 11) is -3.94. The first-order valence-corrected chi connectivity index (χ1v) is 9.60. The number of para-hydroxylation sites is 1. The zero-order valence-electron chi connectivity index (χ0n) is 14.3. The van der Waals surface area contributed by atoms with Crippen LogP contribution in [0.1, 0.15) is 20.7 Å². The van der Waals surface area contributed by atoms with E-state index >= 15 is 0 Å². The van der Waals surface area contributed by atoms with Crippen molar-refractivity contribution in [2.75, 3.05) is 13.2 Å². The Labute approximate surface area is 159 Å². The molecule has 0 atom stereocenters. The third kappa shape index (κ3) is 2.91. The van der Waals surface area contributed by atoms with E-state index in [-0.39, 0.29) is 29.2 Å². The molecule has 2 heterocycles. The lowest BCUT2D eigenvalue weighted by atomic mass is 10.2. The quantitative estimate of drug-likeness (QED) is 0.573. The van der Waals surface area contributed by atoms with Gasteiger partial charge in [-0.3, -0.25) is 4.79 Å². The maximum atomic E-state index is 12.5. The van der Waals surface area contributed by atoms with E-state index in [0.29, 0.717) is 9.99 Å². The Hall–Kier alpha value is -3.60. The lowest BCUT2D eigenvalue weighted by molar-refractivity contribution is 0.0477. The number of benzene rings is 2. The minimum Gasteiger partial charge on any atom is -0.460 e. The van der Waals surface area contributed by atoms with Gasteiger partial charge in [-0.1, -0.05) is 24.3 Å². The summed E-state index contributed by atoms with van der Waals surface area (Å²) in [5.41, 5.74) is 0.723. The highest BCUT2D eigenvalue weighted by atomic mass is 32.2. The molecule has 1 aliphatic rings. The van der Waals surface area contributed by atoms with Crippen LogP contribution < -0.4 is 0 Å². The van der Waals surface area contributed by atoms with E-state index in [0.717, 1.165) is 0 Å². The Kier molecular flexibility index (Phi) is 4.35. The number of ether oxygens (including phenoxy) is 1. The zero-order valence-corrected chi connectivity index (χ0v) is 15.1. The van der Waals surface area contributed by atoms with E-state index < -0.39 is 21.9 Å². The summed E-state index contributed by atoms with van der Waals surface area (Å²) in [6.45, 7) is -0.573. The van der Waals surface area contributed by atoms with Gasteiger partial charge in [0.2, 0.25) is 0 Å². The molecule has 11 heteroatoms. The number of carbonyl (C=O) groups is 2. The Morgan fingerprint density at radius 2 is 1.82 bits per heavy atom. The lowest BCUT2D eigenvalue weighted by Crippen LogP contribution is -2.33. The fraction of sp³-hybridized carbons (Fsp3) is 0.118. The summed E-state index contributed by atoms with van der Waals surface area (Å²) < 4.78 is 32.2. The number of sulfonamides is 1. The highest BCUT2D eigenvalue weighted by Gasteiger charge is 2.40. The number of carbonyl (C=O) groups excluding carboxylic acids is 2. The Balaban J connectivity index is 1.47. The van der Waals surface area contributed by atoms with Crippen molar-refractivity contribution >= 4 is 21.9 Å². The lowest BCUT2D eigenvalue weighted by Gasteiger charge is -2.15. The maximum absolute atomic E-state index is 12.5. The van der Waals surface area contributed by atoms with E-state index in [1.54, 1.807) is 30.3 Å². The van der Waals surface area contributed by atoms with Crippen LogP contribution >= 0.6 is 0 Å². The SMILES string of the molecule is O=C(OCCN1C(=O)c2ccccc2S1(=O)=O)c1ccccc1-n1cnnn1. The van der Waals surface area contributed by atoms with Crippen molar-refractivity contribution in [1.29, 1.82) is 0 Å². The molecule has 0 N–H and O–H groups in total. The molecule has 2 aromatic carbocycles. The van der Waals surface area contributed by atoms with Crippen LogP contribution in [0.2, 0.25) is 0 Å². The number of esters is 1. The molecule has 0 saturated heterocycles. The normalized spacial score (nSPS) is 14.7. The van der Waals surface area contributed by atoms with Crippen molar-refractivity contribution in [2.24, 2.45) is 0 Å². The van der Waals surface area contributed by atoms with Crippen molar-refractivity contribution in [3.63, 3.8) is 0 Å². The van der Waals surface area contributed by atoms with Gasteiger partial charge in [0.05, 0.1) is 23.4 Å². The molecule has 0 aliphatic carbocycles. The van der Waals surface area contributed by atoms with Crippen molar-refractivity contribution in [2.45, 2.75) is 4.90 Å². The van der Waals surface area contributed by atoms with Crippen LogP contribution in [0.3, 0.4) is 0 Å². The van der Waals surface area contributed by atoms with Gasteiger partial charge in [0.15, 0.2) is 0 Å². The first-order chi connectivity index (χ1) is 13.5. The van der Waals surface area contributed by atoms with Gasteiger partial charge >= 0.3 is 5.97 Å². The van der Waals surface area contributed by atoms with E-state index in [2.05, 4.69) is 15.5 Å². The minimum atomic E-state index is -3.94. The van der Waals surface area contributed by atoms with Crippen molar-refractivity contribution < 1.29 is 22.7 Å². The molecule has 0 spiro atoms. The second-order valence-electron chi connectivity index (χ2n) is 5.79. The molecule has 0 unspecified atom stereocenters. The number of nitrogens with zero attached hydrogens (tertiary/aromatic N) is 5. The summed E-state index contributed by atoms with van der Waals surface area (Å²) in [6.07, 6.45) is 1.33. The topological polar surface area (TPSA) is 124 Å². The number of hydrogen-bond acceptors (Lipinski definition) is 8. The van der Waals surface area contributed by atoms with E-state index in [1.807, 2.05) is 0 Å². The van der Waals surface area contributed by atoms with E-state index in [9.17, 15) is 18.0 Å². The van der Waals surface area contributed by atoms with Crippen LogP contribution in [-0.2, 0) is 14.8 Å². The molecule has 142 valence electrons. The van der Waals surface area contributed by atoms with Crippen LogP contribution in [0.5, 0.6) is 0 Å². The second-order valence-corrected chi connectivity index (χ2v) is 7.62. The largest absolute Gasteiger partial charge is 0.460 e. The smallest absolute Gasteiger partial charge is 0.340 e. The molecule has 1 aliphatic heterocycles. The minimum absolute atomic E-state index is 0.0460. The number of tetrazole rings is 1. The third-order valence-electron chi connectivity index (χ3n) is 4.16. The highest BCUT2D eigenvalue weighted by Crippen LogP contribution is 2.29. The number of aromatic nitrogens is 4. The average molecular weight is 399 g/mol. The zero-order chi connectivity index (χ0) is 19.7. The maximum Gasteiger partial charge on any atom is 0.340 e. The van der Waals surface area contributed by atoms with E-state index in [1.165, 1.54) is 29.2 Å². The van der Waals surface area contributed by atoms with Crippen molar-refractivity contribution in [1.82, 2.24) is 24.5 Å². The van der Waals surface area contributed by atoms with Crippen LogP contribution in [-0.4, -0.2) is 58.0 Å². The van der Waals surface area contributed by atoms with Gasteiger partial charge in [0, 0.05) is 0 Å². The number of amides is 1. The Bertz CT molecular complexity index is 1160. The van der Waals surface area contributed by atoms with Gasteiger partial charge in [-0.05, 0) is 34.7 Å². The van der Waals surface area contributed by atoms with Gasteiger partial charge in [0.25, 0.3) is 15.9 Å². The first-order valence-electron chi connectivity index (χ1n) is 8.16. The monoisotopic (exact) mass is 399 g/mol. The molecule has 0 bridgehead atoms. The Morgan fingerprint density at radius 3 is 2.57 bits per heavy atom. The van der Waals surface area contributed by atoms with Crippen LogP contribution in [0.25, 0.3) is 5.69 Å². The molecule has 1 aromatic heterocycles. The molecule has 4 rings (SSSR count). The first kappa shape index (κ1) is 17.8. The average Bonchev–Trinajstić information content (AvgIpc) is 3.30. The summed E-state index contributed by atoms with van der Waals surface area (Å²) in [4.78, 5) is 24.7. The molecule has 0 fully saturated rings. The second kappa shape index (κ2) is 6.85. The predicted molar refractivity (Wildman–Crippen MR) is 94.1 cm³/mol. The summed E-state index contributed by atoms with van der Waals surface area (Å²) in [6, 6.07) is 12.5. The molecule has 0 radical (unpaired) electrons. The molecular formula is C17H13N5O5S. The van der Waals surface area contributed by atoms with Gasteiger partial charge in [-0.15, -0.1) is 5.10 Å². The summed E-state index contributed by atoms with van der Waals surface area (Å²) in [5, 5.41) is 10.8. The fourth-order valence-corrected chi connectivity index (χ4v) is 4.42.